The molecule has 4 aromatic rings. The summed E-state index contributed by atoms with van der Waals surface area (Å²) in [6.45, 7) is 0. The van der Waals surface area contributed by atoms with Crippen molar-refractivity contribution in [2.75, 3.05) is 7.11 Å². The third kappa shape index (κ3) is 3.29. The van der Waals surface area contributed by atoms with E-state index in [2.05, 4.69) is 4.40 Å². The number of sulfonamides is 1. The van der Waals surface area contributed by atoms with Crippen LogP contribution in [0.2, 0.25) is 0 Å². The van der Waals surface area contributed by atoms with Crippen molar-refractivity contribution < 1.29 is 13.2 Å². The quantitative estimate of drug-likeness (QED) is 0.380. The van der Waals surface area contributed by atoms with Gasteiger partial charge in [-0.25, -0.2) is 0 Å². The van der Waals surface area contributed by atoms with E-state index in [1.54, 1.807) is 31.4 Å². The summed E-state index contributed by atoms with van der Waals surface area (Å²) in [5.74, 6) is 0.704. The first kappa shape index (κ1) is 17.2. The monoisotopic (exact) mass is 375 g/mol. The van der Waals surface area contributed by atoms with E-state index in [1.807, 2.05) is 54.6 Å². The number of hydrogen-bond acceptors (Lipinski definition) is 3. The van der Waals surface area contributed by atoms with Crippen molar-refractivity contribution in [1.82, 2.24) is 0 Å². The summed E-state index contributed by atoms with van der Waals surface area (Å²) in [7, 11) is -2.31. The van der Waals surface area contributed by atoms with Gasteiger partial charge in [-0.15, -0.1) is 0 Å². The van der Waals surface area contributed by atoms with Crippen LogP contribution in [-0.2, 0) is 10.0 Å². The average Bonchev–Trinajstić information content (AvgIpc) is 2.70. The highest BCUT2D eigenvalue weighted by Crippen LogP contribution is 2.33. The minimum atomic E-state index is -3.89. The number of benzene rings is 4. The predicted molar refractivity (Wildman–Crippen MR) is 109 cm³/mol. The first-order chi connectivity index (χ1) is 13.1. The lowest BCUT2D eigenvalue weighted by Gasteiger charge is -2.09. The van der Waals surface area contributed by atoms with Crippen molar-refractivity contribution in [3.8, 4) is 5.75 Å². The Bertz CT molecular complexity index is 1210. The summed E-state index contributed by atoms with van der Waals surface area (Å²) in [4.78, 5) is 0.237. The van der Waals surface area contributed by atoms with E-state index in [9.17, 15) is 8.42 Å². The number of fused-ring (bicyclic) bond motifs is 2. The molecule has 134 valence electrons. The van der Waals surface area contributed by atoms with Gasteiger partial charge in [-0.2, -0.15) is 12.8 Å². The van der Waals surface area contributed by atoms with E-state index in [-0.39, 0.29) is 4.90 Å². The number of rotatable bonds is 4. The van der Waals surface area contributed by atoms with Crippen LogP contribution in [0.25, 0.3) is 21.5 Å². The molecule has 0 saturated carbocycles. The van der Waals surface area contributed by atoms with Crippen molar-refractivity contribution in [3.63, 3.8) is 0 Å². The van der Waals surface area contributed by atoms with E-state index in [1.165, 1.54) is 6.21 Å². The number of nitrogens with zero attached hydrogens (tertiary/aromatic N) is 1. The average molecular weight is 375 g/mol. The molecule has 4 rings (SSSR count). The van der Waals surface area contributed by atoms with Gasteiger partial charge in [0.15, 0.2) is 0 Å². The Morgan fingerprint density at radius 3 is 1.93 bits per heavy atom. The highest BCUT2D eigenvalue weighted by atomic mass is 32.2. The fraction of sp³-hybridized carbons (Fsp3) is 0.0455. The summed E-state index contributed by atoms with van der Waals surface area (Å²) in [5, 5.41) is 3.08. The summed E-state index contributed by atoms with van der Waals surface area (Å²) >= 11 is 0. The maximum atomic E-state index is 13.1. The lowest BCUT2D eigenvalue weighted by molar-refractivity contribution is 0.415. The summed E-state index contributed by atoms with van der Waals surface area (Å²) in [5.41, 5.74) is 0.684. The Balaban J connectivity index is 1.89. The fourth-order valence-electron chi connectivity index (χ4n) is 3.12. The van der Waals surface area contributed by atoms with Gasteiger partial charge in [-0.05, 0) is 46.7 Å². The molecule has 0 aliphatic carbocycles. The second kappa shape index (κ2) is 6.85. The molecule has 5 heteroatoms. The minimum absolute atomic E-state index is 0.237. The fourth-order valence-corrected chi connectivity index (χ4v) is 4.42. The van der Waals surface area contributed by atoms with Gasteiger partial charge in [0, 0.05) is 17.0 Å². The topological polar surface area (TPSA) is 55.7 Å². The van der Waals surface area contributed by atoms with E-state index in [0.717, 1.165) is 10.8 Å². The summed E-state index contributed by atoms with van der Waals surface area (Å²) < 4.78 is 35.3. The molecule has 0 heterocycles. The molecule has 0 unspecified atom stereocenters. The molecular weight excluding hydrogens is 358 g/mol. The van der Waals surface area contributed by atoms with Gasteiger partial charge in [0.25, 0.3) is 10.0 Å². The molecule has 0 amide bonds. The van der Waals surface area contributed by atoms with Crippen molar-refractivity contribution in [1.29, 1.82) is 0 Å². The van der Waals surface area contributed by atoms with Crippen LogP contribution in [0.4, 0.5) is 0 Å². The van der Waals surface area contributed by atoms with E-state index in [4.69, 9.17) is 4.74 Å². The molecule has 4 aromatic carbocycles. The molecule has 0 bridgehead atoms. The normalized spacial score (nSPS) is 12.0. The van der Waals surface area contributed by atoms with Crippen molar-refractivity contribution in [2.24, 2.45) is 4.40 Å². The Hall–Kier alpha value is -3.18. The molecule has 0 aromatic heterocycles. The van der Waals surface area contributed by atoms with Gasteiger partial charge in [-0.3, -0.25) is 0 Å². The molecule has 0 radical (unpaired) electrons. The minimum Gasteiger partial charge on any atom is -0.497 e. The zero-order valence-electron chi connectivity index (χ0n) is 14.7. The van der Waals surface area contributed by atoms with Crippen molar-refractivity contribution in [2.45, 2.75) is 4.90 Å². The Labute approximate surface area is 157 Å². The predicted octanol–water partition coefficient (Wildman–Crippen LogP) is 4.81. The van der Waals surface area contributed by atoms with Gasteiger partial charge in [0.2, 0.25) is 0 Å². The van der Waals surface area contributed by atoms with Gasteiger partial charge >= 0.3 is 0 Å². The Morgan fingerprint density at radius 1 is 0.815 bits per heavy atom. The summed E-state index contributed by atoms with van der Waals surface area (Å²) in [6, 6.07) is 24.0. The number of hydrogen-bond donors (Lipinski definition) is 0. The number of methoxy groups -OCH3 is 1. The van der Waals surface area contributed by atoms with Crippen LogP contribution in [0.5, 0.6) is 5.75 Å². The molecule has 0 aliphatic heterocycles. The second-order valence-electron chi connectivity index (χ2n) is 6.13. The molecule has 0 spiro atoms. The van der Waals surface area contributed by atoms with E-state index < -0.39 is 10.0 Å². The molecule has 27 heavy (non-hydrogen) atoms. The van der Waals surface area contributed by atoms with Gasteiger partial charge in [0.1, 0.15) is 10.6 Å². The number of ether oxygens (including phenoxy) is 1. The maximum absolute atomic E-state index is 13.1. The molecule has 0 saturated heterocycles. The lowest BCUT2D eigenvalue weighted by Crippen LogP contribution is -2.00. The molecule has 0 fully saturated rings. The van der Waals surface area contributed by atoms with E-state index >= 15 is 0 Å². The maximum Gasteiger partial charge on any atom is 0.283 e. The molecule has 0 N–H and O–H groups in total. The second-order valence-corrected chi connectivity index (χ2v) is 7.70. The zero-order valence-corrected chi connectivity index (χ0v) is 15.5. The largest absolute Gasteiger partial charge is 0.497 e. The highest BCUT2D eigenvalue weighted by Gasteiger charge is 2.19. The third-order valence-corrected chi connectivity index (χ3v) is 5.77. The summed E-state index contributed by atoms with van der Waals surface area (Å²) in [6.07, 6.45) is 1.37. The van der Waals surface area contributed by atoms with Crippen LogP contribution in [0.3, 0.4) is 0 Å². The molecular formula is C22H17NO3S. The van der Waals surface area contributed by atoms with E-state index in [0.29, 0.717) is 22.1 Å². The van der Waals surface area contributed by atoms with Crippen LogP contribution in [-0.4, -0.2) is 21.7 Å². The first-order valence-electron chi connectivity index (χ1n) is 8.43. The Kier molecular flexibility index (Phi) is 4.38. The van der Waals surface area contributed by atoms with Gasteiger partial charge in [-0.1, -0.05) is 48.5 Å². The van der Waals surface area contributed by atoms with Gasteiger partial charge < -0.3 is 4.74 Å². The van der Waals surface area contributed by atoms with Crippen LogP contribution in [0.1, 0.15) is 5.56 Å². The third-order valence-electron chi connectivity index (χ3n) is 4.44. The van der Waals surface area contributed by atoms with Crippen LogP contribution >= 0.6 is 0 Å². The molecule has 0 atom stereocenters. The molecule has 4 nitrogen and oxygen atoms in total. The highest BCUT2D eigenvalue weighted by molar-refractivity contribution is 7.90. The molecule has 0 aliphatic rings. The van der Waals surface area contributed by atoms with Crippen LogP contribution < -0.4 is 4.74 Å². The SMILES string of the molecule is COc1ccc(/C=N/S(=O)(=O)c2c3ccccc3cc3ccccc23)cc1. The van der Waals surface area contributed by atoms with Crippen molar-refractivity contribution >= 4 is 37.8 Å². The smallest absolute Gasteiger partial charge is 0.283 e. The van der Waals surface area contributed by atoms with Crippen molar-refractivity contribution in [3.05, 3.63) is 84.4 Å². The van der Waals surface area contributed by atoms with Crippen LogP contribution in [0.15, 0.2) is 88.2 Å². The first-order valence-corrected chi connectivity index (χ1v) is 9.87. The lowest BCUT2D eigenvalue weighted by atomic mass is 10.0. The zero-order chi connectivity index (χ0) is 18.9. The van der Waals surface area contributed by atoms with Crippen LogP contribution in [0, 0.1) is 0 Å². The standard InChI is InChI=1S/C22H17NO3S/c1-26-19-12-10-16(11-13-19)15-23-27(24,25)22-20-8-4-2-6-17(20)14-18-7-3-5-9-21(18)22/h2-15H,1H3/b23-15+. The Morgan fingerprint density at radius 2 is 1.37 bits per heavy atom. The van der Waals surface area contributed by atoms with Gasteiger partial charge in [0.05, 0.1) is 7.11 Å².